The lowest BCUT2D eigenvalue weighted by atomic mass is 9.64. The molecule has 36 heavy (non-hydrogen) atoms. The van der Waals surface area contributed by atoms with E-state index < -0.39 is 27.1 Å². The fourth-order valence-corrected chi connectivity index (χ4v) is 5.97. The number of carbonyl (C=O) groups excluding carboxylic acids is 2. The molecule has 2 unspecified atom stereocenters. The van der Waals surface area contributed by atoms with Gasteiger partial charge in [0.05, 0.1) is 21.6 Å². The Balaban J connectivity index is 1.40. The number of hydrogen-bond donors (Lipinski definition) is 1. The highest BCUT2D eigenvalue weighted by Crippen LogP contribution is 2.71. The number of nitrogens with zero attached hydrogens (tertiary/aromatic N) is 2. The first-order valence-corrected chi connectivity index (χ1v) is 11.9. The number of benzene rings is 3. The van der Waals surface area contributed by atoms with Crippen LogP contribution >= 0.6 is 0 Å². The van der Waals surface area contributed by atoms with Gasteiger partial charge in [-0.05, 0) is 41.8 Å². The van der Waals surface area contributed by atoms with Crippen LogP contribution in [-0.4, -0.2) is 22.5 Å². The predicted octanol–water partition coefficient (Wildman–Crippen LogP) is 6.12. The molecule has 184 valence electrons. The average molecular weight is 486 g/mol. The SMILES string of the molecule is CC12CCC(C(=O)Nc3cccc4ccccc34)(C/C1=N\OC(=O)c1ccc([N+](=O)[O-])cc1)C2(C)C. The zero-order valence-electron chi connectivity index (χ0n) is 20.4. The molecule has 0 saturated heterocycles. The van der Waals surface area contributed by atoms with Crippen LogP contribution in [-0.2, 0) is 9.63 Å². The molecular weight excluding hydrogens is 458 g/mol. The third kappa shape index (κ3) is 3.39. The Bertz CT molecular complexity index is 1420. The first-order valence-electron chi connectivity index (χ1n) is 11.9. The summed E-state index contributed by atoms with van der Waals surface area (Å²) in [5.41, 5.74) is -0.0297. The number of amides is 1. The summed E-state index contributed by atoms with van der Waals surface area (Å²) in [6.07, 6.45) is 1.85. The quantitative estimate of drug-likeness (QED) is 0.266. The van der Waals surface area contributed by atoms with E-state index in [0.717, 1.165) is 22.9 Å². The highest BCUT2D eigenvalue weighted by atomic mass is 16.7. The molecule has 2 saturated carbocycles. The topological polar surface area (TPSA) is 111 Å². The van der Waals surface area contributed by atoms with Gasteiger partial charge in [0.25, 0.3) is 5.69 Å². The van der Waals surface area contributed by atoms with Gasteiger partial charge < -0.3 is 10.2 Å². The molecule has 2 aliphatic carbocycles. The van der Waals surface area contributed by atoms with E-state index in [1.807, 2.05) is 42.5 Å². The van der Waals surface area contributed by atoms with Gasteiger partial charge in [0.15, 0.2) is 0 Å². The van der Waals surface area contributed by atoms with Gasteiger partial charge in [-0.2, -0.15) is 0 Å². The average Bonchev–Trinajstić information content (AvgIpc) is 3.18. The molecule has 2 fully saturated rings. The fraction of sp³-hybridized carbons (Fsp3) is 0.321. The van der Waals surface area contributed by atoms with Gasteiger partial charge in [0.2, 0.25) is 5.91 Å². The van der Waals surface area contributed by atoms with Crippen molar-refractivity contribution in [3.63, 3.8) is 0 Å². The molecule has 2 atom stereocenters. The van der Waals surface area contributed by atoms with Crippen molar-refractivity contribution in [2.45, 2.75) is 40.0 Å². The molecule has 8 nitrogen and oxygen atoms in total. The van der Waals surface area contributed by atoms with Crippen LogP contribution in [0.3, 0.4) is 0 Å². The second-order valence-corrected chi connectivity index (χ2v) is 10.4. The molecule has 0 radical (unpaired) electrons. The zero-order valence-corrected chi connectivity index (χ0v) is 20.4. The Labute approximate surface area is 208 Å². The van der Waals surface area contributed by atoms with E-state index >= 15 is 0 Å². The molecule has 3 aromatic carbocycles. The summed E-state index contributed by atoms with van der Waals surface area (Å²) in [5.74, 6) is -0.754. The summed E-state index contributed by atoms with van der Waals surface area (Å²) in [7, 11) is 0. The maximum Gasteiger partial charge on any atom is 0.365 e. The Kier molecular flexibility index (Phi) is 5.43. The highest BCUT2D eigenvalue weighted by molar-refractivity contribution is 6.09. The first-order chi connectivity index (χ1) is 17.1. The number of hydrogen-bond acceptors (Lipinski definition) is 6. The summed E-state index contributed by atoms with van der Waals surface area (Å²) in [6, 6.07) is 19.0. The molecule has 0 aromatic heterocycles. The molecular formula is C28H27N3O5. The normalized spacial score (nSPS) is 25.1. The summed E-state index contributed by atoms with van der Waals surface area (Å²) < 4.78 is 0. The maximum atomic E-state index is 13.9. The van der Waals surface area contributed by atoms with Crippen LogP contribution < -0.4 is 5.32 Å². The van der Waals surface area contributed by atoms with E-state index in [0.29, 0.717) is 18.6 Å². The Hall–Kier alpha value is -4.07. The van der Waals surface area contributed by atoms with Crippen LogP contribution in [0, 0.1) is 26.4 Å². The van der Waals surface area contributed by atoms with Crippen LogP contribution in [0.1, 0.15) is 50.4 Å². The second kappa shape index (κ2) is 8.26. The molecule has 3 aromatic rings. The van der Waals surface area contributed by atoms with Gasteiger partial charge in [0, 0.05) is 35.0 Å². The van der Waals surface area contributed by atoms with E-state index in [9.17, 15) is 19.7 Å². The predicted molar refractivity (Wildman–Crippen MR) is 137 cm³/mol. The summed E-state index contributed by atoms with van der Waals surface area (Å²) >= 11 is 0. The minimum atomic E-state index is -0.698. The fourth-order valence-electron chi connectivity index (χ4n) is 5.97. The van der Waals surface area contributed by atoms with Crippen molar-refractivity contribution in [3.8, 4) is 0 Å². The monoisotopic (exact) mass is 485 g/mol. The van der Waals surface area contributed by atoms with E-state index in [1.165, 1.54) is 24.3 Å². The number of anilines is 1. The van der Waals surface area contributed by atoms with Gasteiger partial charge in [-0.25, -0.2) is 4.79 Å². The zero-order chi connectivity index (χ0) is 25.7. The van der Waals surface area contributed by atoms with Crippen LogP contribution in [0.5, 0.6) is 0 Å². The summed E-state index contributed by atoms with van der Waals surface area (Å²) in [4.78, 5) is 42.0. The standard InChI is InChI=1S/C28H27N3O5/c1-26(2)27(3)15-16-28(26,25(33)29-22-10-6-8-18-7-4-5-9-21(18)22)17-23(27)30-36-24(32)19-11-13-20(14-12-19)31(34)35/h4-14H,15-17H2,1-3H3,(H,29,33)/b30-23+. The lowest BCUT2D eigenvalue weighted by molar-refractivity contribution is -0.384. The van der Waals surface area contributed by atoms with Gasteiger partial charge >= 0.3 is 5.97 Å². The van der Waals surface area contributed by atoms with Gasteiger partial charge in [0.1, 0.15) is 0 Å². The molecule has 8 heteroatoms. The summed E-state index contributed by atoms with van der Waals surface area (Å²) in [5, 5.41) is 20.3. The number of nitro benzene ring substituents is 1. The van der Waals surface area contributed by atoms with Crippen LogP contribution in [0.25, 0.3) is 10.8 Å². The molecule has 5 rings (SSSR count). The van der Waals surface area contributed by atoms with E-state index in [2.05, 4.69) is 31.2 Å². The molecule has 1 N–H and O–H groups in total. The lowest BCUT2D eigenvalue weighted by Gasteiger charge is -2.39. The number of oxime groups is 1. The van der Waals surface area contributed by atoms with Crippen molar-refractivity contribution in [1.29, 1.82) is 0 Å². The van der Waals surface area contributed by atoms with Crippen LogP contribution in [0.2, 0.25) is 0 Å². The van der Waals surface area contributed by atoms with Crippen molar-refractivity contribution in [2.24, 2.45) is 21.4 Å². The van der Waals surface area contributed by atoms with Gasteiger partial charge in [-0.1, -0.05) is 62.3 Å². The largest absolute Gasteiger partial charge is 0.365 e. The highest BCUT2D eigenvalue weighted by Gasteiger charge is 2.71. The minimum absolute atomic E-state index is 0.0560. The molecule has 0 spiro atoms. The number of fused-ring (bicyclic) bond motifs is 3. The van der Waals surface area contributed by atoms with E-state index in [4.69, 9.17) is 4.84 Å². The third-order valence-corrected chi connectivity index (χ3v) is 8.76. The summed E-state index contributed by atoms with van der Waals surface area (Å²) in [6.45, 7) is 6.25. The molecule has 2 aliphatic rings. The molecule has 1 amide bonds. The number of rotatable bonds is 5. The van der Waals surface area contributed by atoms with Gasteiger partial charge in [-0.15, -0.1) is 0 Å². The molecule has 0 heterocycles. The van der Waals surface area contributed by atoms with Crippen molar-refractivity contribution >= 4 is 39.7 Å². The first kappa shape index (κ1) is 23.7. The Morgan fingerprint density at radius 2 is 1.67 bits per heavy atom. The van der Waals surface area contributed by atoms with E-state index in [1.54, 1.807) is 0 Å². The minimum Gasteiger partial charge on any atom is -0.325 e. The second-order valence-electron chi connectivity index (χ2n) is 10.4. The smallest absolute Gasteiger partial charge is 0.325 e. The van der Waals surface area contributed by atoms with Crippen molar-refractivity contribution in [2.75, 3.05) is 5.32 Å². The number of nitrogens with one attached hydrogen (secondary N) is 1. The maximum absolute atomic E-state index is 13.9. The van der Waals surface area contributed by atoms with E-state index in [-0.39, 0.29) is 17.2 Å². The van der Waals surface area contributed by atoms with Crippen molar-refractivity contribution in [1.82, 2.24) is 0 Å². The van der Waals surface area contributed by atoms with Gasteiger partial charge in [-0.3, -0.25) is 14.9 Å². The van der Waals surface area contributed by atoms with Crippen LogP contribution in [0.4, 0.5) is 11.4 Å². The van der Waals surface area contributed by atoms with Crippen molar-refractivity contribution < 1.29 is 19.3 Å². The van der Waals surface area contributed by atoms with Crippen molar-refractivity contribution in [3.05, 3.63) is 82.4 Å². The number of non-ortho nitro benzene ring substituents is 1. The molecule has 2 bridgehead atoms. The third-order valence-electron chi connectivity index (χ3n) is 8.76. The number of carbonyl (C=O) groups is 2. The van der Waals surface area contributed by atoms with Crippen LogP contribution in [0.15, 0.2) is 71.9 Å². The Morgan fingerprint density at radius 1 is 0.972 bits per heavy atom. The number of nitro groups is 1. The Morgan fingerprint density at radius 3 is 2.39 bits per heavy atom. The lowest BCUT2D eigenvalue weighted by Crippen LogP contribution is -2.43. The molecule has 0 aliphatic heterocycles.